The number of rotatable bonds is 8. The molecule has 0 bridgehead atoms. The smallest absolute Gasteiger partial charge is 0.193 e. The van der Waals surface area contributed by atoms with E-state index in [1.807, 2.05) is 31.3 Å². The topological polar surface area (TPSA) is 46.1 Å². The van der Waals surface area contributed by atoms with E-state index in [2.05, 4.69) is 39.6 Å². The molecule has 1 heterocycles. The Morgan fingerprint density at radius 1 is 1.24 bits per heavy atom. The van der Waals surface area contributed by atoms with Gasteiger partial charge < -0.3 is 19.7 Å². The zero-order valence-corrected chi connectivity index (χ0v) is 16.2. The van der Waals surface area contributed by atoms with Gasteiger partial charge >= 0.3 is 0 Å². The molecule has 0 saturated heterocycles. The Hall–Kier alpha value is -2.21. The van der Waals surface area contributed by atoms with Gasteiger partial charge in [-0.15, -0.1) is 11.3 Å². The van der Waals surface area contributed by atoms with Gasteiger partial charge in [0.1, 0.15) is 18.1 Å². The van der Waals surface area contributed by atoms with Crippen molar-refractivity contribution >= 4 is 17.3 Å². The summed E-state index contributed by atoms with van der Waals surface area (Å²) in [5.74, 6) is 3.00. The Morgan fingerprint density at radius 2 is 1.96 bits per heavy atom. The fourth-order valence-corrected chi connectivity index (χ4v) is 3.17. The first-order valence-electron chi connectivity index (χ1n) is 8.36. The van der Waals surface area contributed by atoms with Crippen molar-refractivity contribution in [2.24, 2.45) is 4.99 Å². The summed E-state index contributed by atoms with van der Waals surface area (Å²) in [6, 6.07) is 11.9. The van der Waals surface area contributed by atoms with Gasteiger partial charge in [0.15, 0.2) is 5.96 Å². The van der Waals surface area contributed by atoms with Crippen molar-refractivity contribution in [3.8, 4) is 11.5 Å². The Kier molecular flexibility index (Phi) is 7.60. The number of methoxy groups -OCH3 is 1. The van der Waals surface area contributed by atoms with E-state index in [-0.39, 0.29) is 0 Å². The predicted octanol–water partition coefficient (Wildman–Crippen LogP) is 3.45. The molecule has 136 valence electrons. The van der Waals surface area contributed by atoms with Crippen LogP contribution in [-0.4, -0.2) is 51.8 Å². The molecule has 0 radical (unpaired) electrons. The van der Waals surface area contributed by atoms with Crippen molar-refractivity contribution in [2.45, 2.75) is 12.8 Å². The summed E-state index contributed by atoms with van der Waals surface area (Å²) in [7, 11) is 5.48. The lowest BCUT2D eigenvalue weighted by Crippen LogP contribution is -2.42. The molecule has 5 nitrogen and oxygen atoms in total. The molecule has 0 spiro atoms. The van der Waals surface area contributed by atoms with Crippen LogP contribution in [0.15, 0.2) is 46.8 Å². The van der Waals surface area contributed by atoms with Crippen LogP contribution in [0.1, 0.15) is 17.7 Å². The Morgan fingerprint density at radius 3 is 2.56 bits per heavy atom. The second-order valence-corrected chi connectivity index (χ2v) is 6.77. The molecule has 25 heavy (non-hydrogen) atoms. The molecule has 0 saturated carbocycles. The lowest BCUT2D eigenvalue weighted by molar-refractivity contribution is 0.281. The van der Waals surface area contributed by atoms with E-state index in [1.165, 1.54) is 4.88 Å². The minimum absolute atomic E-state index is 0.459. The van der Waals surface area contributed by atoms with Gasteiger partial charge in [0, 0.05) is 31.4 Å². The Balaban J connectivity index is 1.74. The molecule has 1 N–H and O–H groups in total. The summed E-state index contributed by atoms with van der Waals surface area (Å²) in [6.07, 6.45) is 0. The second kappa shape index (κ2) is 9.93. The standard InChI is InChI=1S/C19H27N3O2S/c1-15(18-6-5-13-25-18)14-21-19(20-2)22(3)11-12-24-17-9-7-16(23-4)8-10-17/h5-10,13,15H,11-12,14H2,1-4H3,(H,20,21). The summed E-state index contributed by atoms with van der Waals surface area (Å²) in [6.45, 7) is 4.42. The number of thiophene rings is 1. The van der Waals surface area contributed by atoms with E-state index >= 15 is 0 Å². The third-order valence-corrected chi connectivity index (χ3v) is 5.03. The number of guanidine groups is 1. The number of aliphatic imine (C=N–C) groups is 1. The van der Waals surface area contributed by atoms with Gasteiger partial charge in [-0.05, 0) is 35.7 Å². The molecule has 6 heteroatoms. The van der Waals surface area contributed by atoms with Crippen LogP contribution in [0.2, 0.25) is 0 Å². The van der Waals surface area contributed by atoms with Gasteiger partial charge in [0.25, 0.3) is 0 Å². The van der Waals surface area contributed by atoms with Gasteiger partial charge in [-0.3, -0.25) is 4.99 Å². The number of hydrogen-bond acceptors (Lipinski definition) is 4. The number of benzene rings is 1. The molecular weight excluding hydrogens is 334 g/mol. The van der Waals surface area contributed by atoms with Crippen molar-refractivity contribution in [3.05, 3.63) is 46.7 Å². The van der Waals surface area contributed by atoms with Crippen molar-refractivity contribution in [2.75, 3.05) is 40.9 Å². The Labute approximate surface area is 154 Å². The van der Waals surface area contributed by atoms with Crippen LogP contribution in [-0.2, 0) is 0 Å². The van der Waals surface area contributed by atoms with E-state index in [1.54, 1.807) is 25.5 Å². The first-order valence-corrected chi connectivity index (χ1v) is 9.24. The molecule has 1 unspecified atom stereocenters. The van der Waals surface area contributed by atoms with Crippen molar-refractivity contribution in [1.82, 2.24) is 10.2 Å². The molecule has 0 amide bonds. The van der Waals surface area contributed by atoms with Crippen LogP contribution in [0, 0.1) is 0 Å². The Bertz CT molecular complexity index is 641. The number of likely N-dealkylation sites (N-methyl/N-ethyl adjacent to an activating group) is 1. The van der Waals surface area contributed by atoms with Crippen molar-refractivity contribution < 1.29 is 9.47 Å². The van der Waals surface area contributed by atoms with E-state index in [9.17, 15) is 0 Å². The highest BCUT2D eigenvalue weighted by atomic mass is 32.1. The van der Waals surface area contributed by atoms with Crippen LogP contribution >= 0.6 is 11.3 Å². The highest BCUT2D eigenvalue weighted by molar-refractivity contribution is 7.10. The molecule has 2 aromatic rings. The molecule has 1 atom stereocenters. The van der Waals surface area contributed by atoms with Gasteiger partial charge in [-0.2, -0.15) is 0 Å². The molecule has 0 aliphatic heterocycles. The number of ether oxygens (including phenoxy) is 2. The molecule has 0 aliphatic rings. The average molecular weight is 362 g/mol. The van der Waals surface area contributed by atoms with Gasteiger partial charge in [0.2, 0.25) is 0 Å². The SMILES string of the molecule is CN=C(NCC(C)c1cccs1)N(C)CCOc1ccc(OC)cc1. The number of nitrogens with one attached hydrogen (secondary N) is 1. The molecule has 0 fully saturated rings. The normalized spacial score (nSPS) is 12.6. The largest absolute Gasteiger partial charge is 0.497 e. The average Bonchev–Trinajstić information content (AvgIpc) is 3.17. The first-order chi connectivity index (χ1) is 12.1. The summed E-state index contributed by atoms with van der Waals surface area (Å²) >= 11 is 1.79. The highest BCUT2D eigenvalue weighted by Gasteiger charge is 2.10. The maximum absolute atomic E-state index is 5.78. The minimum atomic E-state index is 0.459. The van der Waals surface area contributed by atoms with Crippen molar-refractivity contribution in [3.63, 3.8) is 0 Å². The quantitative estimate of drug-likeness (QED) is 0.578. The lowest BCUT2D eigenvalue weighted by Gasteiger charge is -2.23. The zero-order valence-electron chi connectivity index (χ0n) is 15.4. The van der Waals surface area contributed by atoms with Gasteiger partial charge in [0.05, 0.1) is 13.7 Å². The lowest BCUT2D eigenvalue weighted by atomic mass is 10.1. The highest BCUT2D eigenvalue weighted by Crippen LogP contribution is 2.19. The predicted molar refractivity (Wildman–Crippen MR) is 105 cm³/mol. The fourth-order valence-electron chi connectivity index (χ4n) is 2.38. The third-order valence-electron chi connectivity index (χ3n) is 3.92. The molecule has 1 aromatic carbocycles. The summed E-state index contributed by atoms with van der Waals surface area (Å²) < 4.78 is 10.9. The van der Waals surface area contributed by atoms with Crippen LogP contribution in [0.25, 0.3) is 0 Å². The van der Waals surface area contributed by atoms with Crippen LogP contribution in [0.5, 0.6) is 11.5 Å². The zero-order chi connectivity index (χ0) is 18.1. The maximum atomic E-state index is 5.78. The number of hydrogen-bond donors (Lipinski definition) is 1. The van der Waals surface area contributed by atoms with E-state index in [4.69, 9.17) is 9.47 Å². The number of nitrogens with zero attached hydrogens (tertiary/aromatic N) is 2. The van der Waals surface area contributed by atoms with E-state index < -0.39 is 0 Å². The molecule has 0 aliphatic carbocycles. The van der Waals surface area contributed by atoms with E-state index in [0.717, 1.165) is 30.5 Å². The summed E-state index contributed by atoms with van der Waals surface area (Å²) in [5, 5.41) is 5.55. The summed E-state index contributed by atoms with van der Waals surface area (Å²) in [5.41, 5.74) is 0. The molecule has 1 aromatic heterocycles. The minimum Gasteiger partial charge on any atom is -0.497 e. The van der Waals surface area contributed by atoms with Crippen molar-refractivity contribution in [1.29, 1.82) is 0 Å². The van der Waals surface area contributed by atoms with Crippen LogP contribution < -0.4 is 14.8 Å². The van der Waals surface area contributed by atoms with Gasteiger partial charge in [-0.1, -0.05) is 13.0 Å². The molecular formula is C19H27N3O2S. The monoisotopic (exact) mass is 361 g/mol. The second-order valence-electron chi connectivity index (χ2n) is 5.79. The first kappa shape index (κ1) is 19.1. The third kappa shape index (κ3) is 5.98. The molecule has 2 rings (SSSR count). The maximum Gasteiger partial charge on any atom is 0.193 e. The summed E-state index contributed by atoms with van der Waals surface area (Å²) in [4.78, 5) is 7.81. The van der Waals surface area contributed by atoms with E-state index in [0.29, 0.717) is 12.5 Å². The van der Waals surface area contributed by atoms with Crippen LogP contribution in [0.4, 0.5) is 0 Å². The fraction of sp³-hybridized carbons (Fsp3) is 0.421. The van der Waals surface area contributed by atoms with Gasteiger partial charge in [-0.25, -0.2) is 0 Å². The van der Waals surface area contributed by atoms with Crippen LogP contribution in [0.3, 0.4) is 0 Å².